The molecule has 1 aliphatic heterocycles. The van der Waals surface area contributed by atoms with Gasteiger partial charge in [0.15, 0.2) is 0 Å². The second-order valence-corrected chi connectivity index (χ2v) is 7.04. The fourth-order valence-electron chi connectivity index (χ4n) is 3.93. The summed E-state index contributed by atoms with van der Waals surface area (Å²) in [4.78, 5) is 26.7. The lowest BCUT2D eigenvalue weighted by Gasteiger charge is -2.25. The largest absolute Gasteiger partial charge is 0.390 e. The Labute approximate surface area is 143 Å². The van der Waals surface area contributed by atoms with Gasteiger partial charge in [-0.2, -0.15) is 0 Å². The summed E-state index contributed by atoms with van der Waals surface area (Å²) in [5.41, 5.74) is 2.06. The topological polar surface area (TPSA) is 69.6 Å². The van der Waals surface area contributed by atoms with Crippen molar-refractivity contribution in [1.82, 2.24) is 10.2 Å². The van der Waals surface area contributed by atoms with Gasteiger partial charge in [0.25, 0.3) is 0 Å². The van der Waals surface area contributed by atoms with Crippen molar-refractivity contribution < 1.29 is 14.7 Å². The Hall–Kier alpha value is -1.88. The molecule has 1 aromatic carbocycles. The van der Waals surface area contributed by atoms with E-state index in [4.69, 9.17) is 0 Å². The Kier molecular flexibility index (Phi) is 4.90. The molecule has 2 N–H and O–H groups in total. The molecule has 2 aliphatic rings. The van der Waals surface area contributed by atoms with E-state index in [9.17, 15) is 14.7 Å². The molecule has 1 heterocycles. The third-order valence-corrected chi connectivity index (χ3v) is 5.27. The number of carbonyl (C=O) groups is 2. The van der Waals surface area contributed by atoms with E-state index >= 15 is 0 Å². The van der Waals surface area contributed by atoms with E-state index < -0.39 is 6.10 Å². The van der Waals surface area contributed by atoms with Gasteiger partial charge in [-0.25, -0.2) is 0 Å². The Morgan fingerprint density at radius 2 is 2.12 bits per heavy atom. The number of rotatable bonds is 5. The first-order chi connectivity index (χ1) is 11.5. The SMILES string of the molecule is CCCC(C)N1CC(C(=O)NC2c3ccccc3CC2O)CC1=O. The van der Waals surface area contributed by atoms with E-state index in [0.29, 0.717) is 13.0 Å². The van der Waals surface area contributed by atoms with Gasteiger partial charge in [-0.1, -0.05) is 37.6 Å². The minimum absolute atomic E-state index is 0.0588. The highest BCUT2D eigenvalue weighted by atomic mass is 16.3. The summed E-state index contributed by atoms with van der Waals surface area (Å²) in [6, 6.07) is 7.61. The maximum absolute atomic E-state index is 12.6. The zero-order valence-corrected chi connectivity index (χ0v) is 14.4. The molecule has 5 nitrogen and oxygen atoms in total. The van der Waals surface area contributed by atoms with Gasteiger partial charge >= 0.3 is 0 Å². The molecule has 3 rings (SSSR count). The summed E-state index contributed by atoms with van der Waals surface area (Å²) in [5.74, 6) is -0.393. The van der Waals surface area contributed by atoms with Crippen molar-refractivity contribution in [3.63, 3.8) is 0 Å². The Bertz CT molecular complexity index is 631. The summed E-state index contributed by atoms with van der Waals surface area (Å²) in [5, 5.41) is 13.2. The maximum Gasteiger partial charge on any atom is 0.225 e. The highest BCUT2D eigenvalue weighted by Crippen LogP contribution is 2.32. The minimum atomic E-state index is -0.599. The minimum Gasteiger partial charge on any atom is -0.390 e. The van der Waals surface area contributed by atoms with Gasteiger partial charge in [0.2, 0.25) is 11.8 Å². The molecule has 1 saturated heterocycles. The van der Waals surface area contributed by atoms with Gasteiger partial charge < -0.3 is 15.3 Å². The first-order valence-electron chi connectivity index (χ1n) is 8.87. The molecule has 24 heavy (non-hydrogen) atoms. The Balaban J connectivity index is 1.65. The van der Waals surface area contributed by atoms with Crippen molar-refractivity contribution in [2.75, 3.05) is 6.54 Å². The molecule has 0 radical (unpaired) electrons. The van der Waals surface area contributed by atoms with Gasteiger partial charge in [-0.3, -0.25) is 9.59 Å². The number of hydrogen-bond donors (Lipinski definition) is 2. The van der Waals surface area contributed by atoms with E-state index in [-0.39, 0.29) is 36.2 Å². The van der Waals surface area contributed by atoms with Gasteiger partial charge in [-0.15, -0.1) is 0 Å². The van der Waals surface area contributed by atoms with Gasteiger partial charge in [0, 0.05) is 25.4 Å². The van der Waals surface area contributed by atoms with E-state index in [0.717, 1.165) is 24.0 Å². The monoisotopic (exact) mass is 330 g/mol. The molecule has 0 bridgehead atoms. The fourth-order valence-corrected chi connectivity index (χ4v) is 3.93. The van der Waals surface area contributed by atoms with Crippen LogP contribution in [0.5, 0.6) is 0 Å². The smallest absolute Gasteiger partial charge is 0.225 e. The van der Waals surface area contributed by atoms with Gasteiger partial charge in [-0.05, 0) is 24.5 Å². The molecule has 4 unspecified atom stereocenters. The zero-order chi connectivity index (χ0) is 17.3. The third kappa shape index (κ3) is 3.18. The summed E-state index contributed by atoms with van der Waals surface area (Å²) in [6.45, 7) is 4.62. The first kappa shape index (κ1) is 17.0. The normalized spacial score (nSPS) is 27.2. The molecular weight excluding hydrogens is 304 g/mol. The van der Waals surface area contributed by atoms with Crippen LogP contribution in [-0.2, 0) is 16.0 Å². The van der Waals surface area contributed by atoms with Crippen molar-refractivity contribution in [3.8, 4) is 0 Å². The number of hydrogen-bond acceptors (Lipinski definition) is 3. The highest BCUT2D eigenvalue weighted by Gasteiger charge is 2.39. The number of benzene rings is 1. The lowest BCUT2D eigenvalue weighted by molar-refractivity contribution is -0.130. The van der Waals surface area contributed by atoms with Crippen LogP contribution in [0.15, 0.2) is 24.3 Å². The molecule has 1 aliphatic carbocycles. The van der Waals surface area contributed by atoms with Crippen molar-refractivity contribution in [3.05, 3.63) is 35.4 Å². The maximum atomic E-state index is 12.6. The summed E-state index contributed by atoms with van der Waals surface area (Å²) in [7, 11) is 0. The third-order valence-electron chi connectivity index (χ3n) is 5.27. The summed E-state index contributed by atoms with van der Waals surface area (Å²) in [6.07, 6.45) is 2.20. The second-order valence-electron chi connectivity index (χ2n) is 7.04. The summed E-state index contributed by atoms with van der Waals surface area (Å²) < 4.78 is 0. The van der Waals surface area contributed by atoms with Crippen LogP contribution in [-0.4, -0.2) is 40.5 Å². The standard InChI is InChI=1S/C19H26N2O3/c1-3-6-12(2)21-11-14(10-17(21)23)19(24)20-18-15-8-5-4-7-13(15)9-16(18)22/h4-5,7-8,12,14,16,18,22H,3,6,9-11H2,1-2H3,(H,20,24). The van der Waals surface area contributed by atoms with E-state index in [2.05, 4.69) is 12.2 Å². The zero-order valence-electron chi connectivity index (χ0n) is 14.4. The molecule has 1 fully saturated rings. The van der Waals surface area contributed by atoms with Crippen molar-refractivity contribution >= 4 is 11.8 Å². The van der Waals surface area contributed by atoms with Crippen LogP contribution in [0.25, 0.3) is 0 Å². The van der Waals surface area contributed by atoms with Crippen LogP contribution in [0, 0.1) is 5.92 Å². The van der Waals surface area contributed by atoms with Crippen LogP contribution >= 0.6 is 0 Å². The number of nitrogens with zero attached hydrogens (tertiary/aromatic N) is 1. The number of amides is 2. The first-order valence-corrected chi connectivity index (χ1v) is 8.87. The number of fused-ring (bicyclic) bond motifs is 1. The molecular formula is C19H26N2O3. The molecule has 0 saturated carbocycles. The van der Waals surface area contributed by atoms with E-state index in [1.807, 2.05) is 36.1 Å². The molecule has 4 atom stereocenters. The van der Waals surface area contributed by atoms with Crippen molar-refractivity contribution in [2.45, 2.75) is 57.7 Å². The van der Waals surface area contributed by atoms with E-state index in [1.54, 1.807) is 0 Å². The highest BCUT2D eigenvalue weighted by molar-refractivity contribution is 5.89. The molecule has 5 heteroatoms. The number of aliphatic hydroxyl groups excluding tert-OH is 1. The lowest BCUT2D eigenvalue weighted by atomic mass is 10.0. The van der Waals surface area contributed by atoms with Gasteiger partial charge in [0.05, 0.1) is 18.1 Å². The van der Waals surface area contributed by atoms with Crippen LogP contribution in [0.2, 0.25) is 0 Å². The Morgan fingerprint density at radius 1 is 1.38 bits per heavy atom. The molecule has 1 aromatic rings. The number of likely N-dealkylation sites (tertiary alicyclic amines) is 1. The Morgan fingerprint density at radius 3 is 2.88 bits per heavy atom. The number of carbonyl (C=O) groups excluding carboxylic acids is 2. The van der Waals surface area contributed by atoms with Gasteiger partial charge in [0.1, 0.15) is 0 Å². The summed E-state index contributed by atoms with van der Waals surface area (Å²) >= 11 is 0. The molecule has 130 valence electrons. The molecule has 0 aromatic heterocycles. The predicted molar refractivity (Wildman–Crippen MR) is 91.2 cm³/mol. The fraction of sp³-hybridized carbons (Fsp3) is 0.579. The number of nitrogens with one attached hydrogen (secondary N) is 1. The van der Waals surface area contributed by atoms with E-state index in [1.165, 1.54) is 0 Å². The van der Waals surface area contributed by atoms with Crippen LogP contribution in [0.1, 0.15) is 50.3 Å². The predicted octanol–water partition coefficient (Wildman–Crippen LogP) is 1.80. The number of aliphatic hydroxyl groups is 1. The van der Waals surface area contributed by atoms with Crippen LogP contribution in [0.4, 0.5) is 0 Å². The second kappa shape index (κ2) is 6.93. The molecule has 2 amide bonds. The average molecular weight is 330 g/mol. The average Bonchev–Trinajstić information content (AvgIpc) is 3.09. The lowest BCUT2D eigenvalue weighted by Crippen LogP contribution is -2.40. The van der Waals surface area contributed by atoms with Crippen molar-refractivity contribution in [2.24, 2.45) is 5.92 Å². The quantitative estimate of drug-likeness (QED) is 0.865. The van der Waals surface area contributed by atoms with Crippen molar-refractivity contribution in [1.29, 1.82) is 0 Å². The van der Waals surface area contributed by atoms with Crippen LogP contribution < -0.4 is 5.32 Å². The molecule has 0 spiro atoms. The van der Waals surface area contributed by atoms with Crippen LogP contribution in [0.3, 0.4) is 0 Å².